The molecule has 6 heteroatoms. The number of carbonyl (C=O) groups is 1. The number of ether oxygens (including phenoxy) is 2. The SMILES string of the molecule is Cl.O=C(Nc1ccccc1Oc1ccccc1)c1ccccc1OCCN1CCCCC1. The molecule has 0 saturated carbocycles. The van der Waals surface area contributed by atoms with Gasteiger partial charge in [-0.25, -0.2) is 0 Å². The molecule has 4 rings (SSSR count). The molecule has 168 valence electrons. The quantitative estimate of drug-likeness (QED) is 0.454. The Morgan fingerprint density at radius 1 is 0.812 bits per heavy atom. The average molecular weight is 453 g/mol. The molecule has 0 atom stereocenters. The van der Waals surface area contributed by atoms with Gasteiger partial charge in [0.1, 0.15) is 18.1 Å². The highest BCUT2D eigenvalue weighted by atomic mass is 35.5. The monoisotopic (exact) mass is 452 g/mol. The molecule has 5 nitrogen and oxygen atoms in total. The number of likely N-dealkylation sites (tertiary alicyclic amines) is 1. The smallest absolute Gasteiger partial charge is 0.259 e. The molecule has 3 aromatic rings. The maximum atomic E-state index is 13.0. The van der Waals surface area contributed by atoms with Crippen molar-refractivity contribution in [1.29, 1.82) is 0 Å². The normalized spacial score (nSPS) is 13.6. The molecule has 0 aromatic heterocycles. The van der Waals surface area contributed by atoms with E-state index in [9.17, 15) is 4.79 Å². The highest BCUT2D eigenvalue weighted by Gasteiger charge is 2.16. The van der Waals surface area contributed by atoms with Gasteiger partial charge in [-0.15, -0.1) is 12.4 Å². The first-order valence-corrected chi connectivity index (χ1v) is 10.9. The van der Waals surface area contributed by atoms with Gasteiger partial charge in [0, 0.05) is 6.54 Å². The second-order valence-electron chi connectivity index (χ2n) is 7.61. The van der Waals surface area contributed by atoms with Gasteiger partial charge in [0.2, 0.25) is 0 Å². The second-order valence-corrected chi connectivity index (χ2v) is 7.61. The number of amides is 1. The predicted molar refractivity (Wildman–Crippen MR) is 130 cm³/mol. The summed E-state index contributed by atoms with van der Waals surface area (Å²) in [5.74, 6) is 1.67. The Hall–Kier alpha value is -3.02. The van der Waals surface area contributed by atoms with Gasteiger partial charge in [-0.3, -0.25) is 9.69 Å². The van der Waals surface area contributed by atoms with Gasteiger partial charge in [0.15, 0.2) is 5.75 Å². The molecule has 0 bridgehead atoms. The molecule has 1 heterocycles. The van der Waals surface area contributed by atoms with Crippen molar-refractivity contribution in [3.63, 3.8) is 0 Å². The highest BCUT2D eigenvalue weighted by Crippen LogP contribution is 2.30. The zero-order valence-corrected chi connectivity index (χ0v) is 18.9. The van der Waals surface area contributed by atoms with E-state index < -0.39 is 0 Å². The van der Waals surface area contributed by atoms with E-state index in [1.54, 1.807) is 6.07 Å². The van der Waals surface area contributed by atoms with E-state index in [4.69, 9.17) is 9.47 Å². The summed E-state index contributed by atoms with van der Waals surface area (Å²) < 4.78 is 11.9. The largest absolute Gasteiger partial charge is 0.491 e. The van der Waals surface area contributed by atoms with Crippen LogP contribution in [0.15, 0.2) is 78.9 Å². The number of para-hydroxylation sites is 4. The number of carbonyl (C=O) groups excluding carboxylic acids is 1. The van der Waals surface area contributed by atoms with Gasteiger partial charge >= 0.3 is 0 Å². The lowest BCUT2D eigenvalue weighted by Gasteiger charge is -2.26. The fraction of sp³-hybridized carbons (Fsp3) is 0.269. The third kappa shape index (κ3) is 6.49. The standard InChI is InChI=1S/C26H28N2O3.ClH/c29-26(27-23-14-6-8-16-25(23)31-21-11-3-1-4-12-21)22-13-5-7-15-24(22)30-20-19-28-17-9-2-10-18-28;/h1,3-8,11-16H,2,9-10,17-20H2,(H,27,29);1H. The second kappa shape index (κ2) is 12.1. The van der Waals surface area contributed by atoms with Crippen molar-refractivity contribution in [2.24, 2.45) is 0 Å². The summed E-state index contributed by atoms with van der Waals surface area (Å²) in [7, 11) is 0. The van der Waals surface area contributed by atoms with Gasteiger partial charge in [0.25, 0.3) is 5.91 Å². The summed E-state index contributed by atoms with van der Waals surface area (Å²) in [5, 5.41) is 2.97. The summed E-state index contributed by atoms with van der Waals surface area (Å²) >= 11 is 0. The van der Waals surface area contributed by atoms with Crippen LogP contribution in [-0.2, 0) is 0 Å². The average Bonchev–Trinajstić information content (AvgIpc) is 2.82. The molecular formula is C26H29ClN2O3. The van der Waals surface area contributed by atoms with E-state index in [0.717, 1.165) is 19.6 Å². The molecule has 3 aromatic carbocycles. The first-order valence-electron chi connectivity index (χ1n) is 10.9. The van der Waals surface area contributed by atoms with Crippen LogP contribution in [0.1, 0.15) is 29.6 Å². The highest BCUT2D eigenvalue weighted by molar-refractivity contribution is 6.06. The molecular weight excluding hydrogens is 424 g/mol. The van der Waals surface area contributed by atoms with Crippen LogP contribution in [0.4, 0.5) is 5.69 Å². The summed E-state index contributed by atoms with van der Waals surface area (Å²) in [6.45, 7) is 3.70. The number of nitrogens with one attached hydrogen (secondary N) is 1. The summed E-state index contributed by atoms with van der Waals surface area (Å²) in [5.41, 5.74) is 1.12. The summed E-state index contributed by atoms with van der Waals surface area (Å²) in [4.78, 5) is 15.5. The molecule has 1 N–H and O–H groups in total. The van der Waals surface area contributed by atoms with Gasteiger partial charge in [-0.1, -0.05) is 48.9 Å². The lowest BCUT2D eigenvalue weighted by atomic mass is 10.1. The molecule has 1 aliphatic heterocycles. The van der Waals surface area contributed by atoms with Crippen molar-refractivity contribution < 1.29 is 14.3 Å². The fourth-order valence-corrected chi connectivity index (χ4v) is 3.71. The van der Waals surface area contributed by atoms with Crippen molar-refractivity contribution in [2.45, 2.75) is 19.3 Å². The van der Waals surface area contributed by atoms with E-state index in [1.807, 2.05) is 72.8 Å². The number of benzene rings is 3. The maximum absolute atomic E-state index is 13.0. The van der Waals surface area contributed by atoms with E-state index in [-0.39, 0.29) is 18.3 Å². The van der Waals surface area contributed by atoms with Crippen molar-refractivity contribution >= 4 is 24.0 Å². The Balaban J connectivity index is 0.00000289. The minimum Gasteiger partial charge on any atom is -0.491 e. The lowest BCUT2D eigenvalue weighted by molar-refractivity contribution is 0.102. The first-order chi connectivity index (χ1) is 15.3. The molecule has 1 aliphatic rings. The van der Waals surface area contributed by atoms with Crippen LogP contribution < -0.4 is 14.8 Å². The van der Waals surface area contributed by atoms with Gasteiger partial charge in [0.05, 0.1) is 11.3 Å². The number of nitrogens with zero attached hydrogens (tertiary/aromatic N) is 1. The van der Waals surface area contributed by atoms with E-state index >= 15 is 0 Å². The van der Waals surface area contributed by atoms with E-state index in [1.165, 1.54) is 19.3 Å². The molecule has 32 heavy (non-hydrogen) atoms. The lowest BCUT2D eigenvalue weighted by Crippen LogP contribution is -2.33. The maximum Gasteiger partial charge on any atom is 0.259 e. The number of hydrogen-bond donors (Lipinski definition) is 1. The zero-order valence-electron chi connectivity index (χ0n) is 18.0. The summed E-state index contributed by atoms with van der Waals surface area (Å²) in [6.07, 6.45) is 3.82. The van der Waals surface area contributed by atoms with Crippen LogP contribution in [0.3, 0.4) is 0 Å². The Morgan fingerprint density at radius 3 is 2.25 bits per heavy atom. The topological polar surface area (TPSA) is 50.8 Å². The van der Waals surface area contributed by atoms with Crippen LogP contribution in [-0.4, -0.2) is 37.0 Å². The Labute approximate surface area is 195 Å². The van der Waals surface area contributed by atoms with Crippen LogP contribution in [0.2, 0.25) is 0 Å². The molecule has 1 saturated heterocycles. The van der Waals surface area contributed by atoms with Crippen molar-refractivity contribution in [1.82, 2.24) is 4.90 Å². The first kappa shape index (κ1) is 23.6. The number of piperidine rings is 1. The zero-order chi connectivity index (χ0) is 21.3. The number of hydrogen-bond acceptors (Lipinski definition) is 4. The molecule has 0 radical (unpaired) electrons. The Bertz CT molecular complexity index is 991. The van der Waals surface area contributed by atoms with Crippen molar-refractivity contribution in [3.8, 4) is 17.2 Å². The van der Waals surface area contributed by atoms with Gasteiger partial charge < -0.3 is 14.8 Å². The van der Waals surface area contributed by atoms with Crippen LogP contribution in [0.5, 0.6) is 17.2 Å². The van der Waals surface area contributed by atoms with E-state index in [2.05, 4.69) is 10.2 Å². The predicted octanol–water partition coefficient (Wildman–Crippen LogP) is 6.02. The minimum absolute atomic E-state index is 0. The molecule has 1 amide bonds. The molecule has 0 unspecified atom stereocenters. The minimum atomic E-state index is -0.224. The van der Waals surface area contributed by atoms with Crippen molar-refractivity contribution in [2.75, 3.05) is 31.6 Å². The van der Waals surface area contributed by atoms with Crippen molar-refractivity contribution in [3.05, 3.63) is 84.4 Å². The van der Waals surface area contributed by atoms with Crippen LogP contribution in [0, 0.1) is 0 Å². The third-order valence-electron chi connectivity index (χ3n) is 5.35. The third-order valence-corrected chi connectivity index (χ3v) is 5.35. The van der Waals surface area contributed by atoms with Crippen LogP contribution in [0.25, 0.3) is 0 Å². The van der Waals surface area contributed by atoms with Crippen LogP contribution >= 0.6 is 12.4 Å². The van der Waals surface area contributed by atoms with E-state index in [0.29, 0.717) is 35.1 Å². The Morgan fingerprint density at radius 2 is 1.47 bits per heavy atom. The van der Waals surface area contributed by atoms with Gasteiger partial charge in [-0.05, 0) is 62.3 Å². The number of halogens is 1. The van der Waals surface area contributed by atoms with Gasteiger partial charge in [-0.2, -0.15) is 0 Å². The molecule has 1 fully saturated rings. The summed E-state index contributed by atoms with van der Waals surface area (Å²) in [6, 6.07) is 24.3. The molecule has 0 aliphatic carbocycles. The Kier molecular flexibility index (Phi) is 8.96. The molecule has 0 spiro atoms. The number of rotatable bonds is 8. The number of anilines is 1. The fourth-order valence-electron chi connectivity index (χ4n) is 3.71.